The van der Waals surface area contributed by atoms with Gasteiger partial charge in [-0.1, -0.05) is 0 Å². The Labute approximate surface area is 143 Å². The molecule has 0 aliphatic carbocycles. The second-order valence-corrected chi connectivity index (χ2v) is 6.52. The van der Waals surface area contributed by atoms with Gasteiger partial charge in [0.1, 0.15) is 11.6 Å². The Bertz CT molecular complexity index is 566. The smallest absolute Gasteiger partial charge is 0.233 e. The number of likely N-dealkylation sites (N-methyl/N-ethyl adjacent to an activating group) is 1. The summed E-state index contributed by atoms with van der Waals surface area (Å²) in [5.41, 5.74) is 1.14. The molecule has 1 aromatic rings. The van der Waals surface area contributed by atoms with Crippen molar-refractivity contribution in [2.75, 3.05) is 57.9 Å². The molecule has 0 spiro atoms. The number of rotatable bonds is 4. The molecular weight excluding hydrogens is 306 g/mol. The van der Waals surface area contributed by atoms with Crippen molar-refractivity contribution in [3.63, 3.8) is 0 Å². The van der Waals surface area contributed by atoms with Crippen molar-refractivity contribution in [1.82, 2.24) is 20.2 Å². The standard InChI is InChI=1S/C17H27N5O2/c1-13-19-15(11-16(20-13)22-7-9-24-10-8-22)14-3-5-21(6-4-14)12-17(23)18-2/h11,14H,3-10,12H2,1-2H3,(H,18,23). The molecule has 7 nitrogen and oxygen atoms in total. The predicted molar refractivity (Wildman–Crippen MR) is 92.3 cm³/mol. The summed E-state index contributed by atoms with van der Waals surface area (Å²) in [5, 5.41) is 2.69. The largest absolute Gasteiger partial charge is 0.378 e. The summed E-state index contributed by atoms with van der Waals surface area (Å²) in [7, 11) is 1.69. The van der Waals surface area contributed by atoms with E-state index in [1.54, 1.807) is 7.05 Å². The highest BCUT2D eigenvalue weighted by Gasteiger charge is 2.24. The summed E-state index contributed by atoms with van der Waals surface area (Å²) in [4.78, 5) is 25.3. The van der Waals surface area contributed by atoms with Gasteiger partial charge in [0.25, 0.3) is 0 Å². The topological polar surface area (TPSA) is 70.6 Å². The van der Waals surface area contributed by atoms with Gasteiger partial charge in [0.2, 0.25) is 5.91 Å². The van der Waals surface area contributed by atoms with Gasteiger partial charge in [-0.15, -0.1) is 0 Å². The van der Waals surface area contributed by atoms with Gasteiger partial charge in [-0.2, -0.15) is 0 Å². The molecule has 2 fully saturated rings. The number of piperidine rings is 1. The molecule has 24 heavy (non-hydrogen) atoms. The first kappa shape index (κ1) is 17.1. The van der Waals surface area contributed by atoms with Crippen molar-refractivity contribution in [2.24, 2.45) is 0 Å². The van der Waals surface area contributed by atoms with Gasteiger partial charge in [0.05, 0.1) is 19.8 Å². The molecule has 0 unspecified atom stereocenters. The molecule has 0 atom stereocenters. The van der Waals surface area contributed by atoms with E-state index in [1.807, 2.05) is 6.92 Å². The van der Waals surface area contributed by atoms with E-state index in [0.717, 1.165) is 69.6 Å². The summed E-state index contributed by atoms with van der Waals surface area (Å²) in [5.74, 6) is 2.39. The minimum Gasteiger partial charge on any atom is -0.378 e. The molecule has 0 bridgehead atoms. The summed E-state index contributed by atoms with van der Waals surface area (Å²) in [6.45, 7) is 7.63. The maximum atomic E-state index is 11.5. The van der Waals surface area contributed by atoms with Crippen LogP contribution < -0.4 is 10.2 Å². The Morgan fingerprint density at radius 3 is 2.62 bits per heavy atom. The zero-order chi connectivity index (χ0) is 16.9. The first-order chi connectivity index (χ1) is 11.7. The average Bonchev–Trinajstić information content (AvgIpc) is 2.62. The number of ether oxygens (including phenoxy) is 1. The number of nitrogens with zero attached hydrogens (tertiary/aromatic N) is 4. The van der Waals surface area contributed by atoms with Gasteiger partial charge in [-0.3, -0.25) is 9.69 Å². The van der Waals surface area contributed by atoms with Crippen molar-refractivity contribution < 1.29 is 9.53 Å². The van der Waals surface area contributed by atoms with E-state index in [9.17, 15) is 4.79 Å². The summed E-state index contributed by atoms with van der Waals surface area (Å²) >= 11 is 0. The first-order valence-corrected chi connectivity index (χ1v) is 8.77. The molecule has 0 radical (unpaired) electrons. The minimum absolute atomic E-state index is 0.0842. The first-order valence-electron chi connectivity index (χ1n) is 8.77. The second-order valence-electron chi connectivity index (χ2n) is 6.52. The monoisotopic (exact) mass is 333 g/mol. The molecule has 3 heterocycles. The second kappa shape index (κ2) is 7.90. The average molecular weight is 333 g/mol. The van der Waals surface area contributed by atoms with Crippen LogP contribution in [0.25, 0.3) is 0 Å². The van der Waals surface area contributed by atoms with Crippen LogP contribution in [-0.4, -0.2) is 73.8 Å². The molecule has 132 valence electrons. The summed E-state index contributed by atoms with van der Waals surface area (Å²) in [6.07, 6.45) is 2.08. The van der Waals surface area contributed by atoms with Crippen LogP contribution in [0, 0.1) is 6.92 Å². The minimum atomic E-state index is 0.0842. The van der Waals surface area contributed by atoms with E-state index >= 15 is 0 Å². The molecule has 7 heteroatoms. The van der Waals surface area contributed by atoms with Crippen molar-refractivity contribution >= 4 is 11.7 Å². The summed E-state index contributed by atoms with van der Waals surface area (Å²) < 4.78 is 5.43. The van der Waals surface area contributed by atoms with Crippen LogP contribution in [0.4, 0.5) is 5.82 Å². The fourth-order valence-electron chi connectivity index (χ4n) is 3.41. The number of carbonyl (C=O) groups is 1. The zero-order valence-corrected chi connectivity index (χ0v) is 14.6. The Hall–Kier alpha value is -1.73. The number of carbonyl (C=O) groups excluding carboxylic acids is 1. The molecule has 1 N–H and O–H groups in total. The van der Waals surface area contributed by atoms with Crippen molar-refractivity contribution in [1.29, 1.82) is 0 Å². The normalized spacial score (nSPS) is 20.2. The van der Waals surface area contributed by atoms with Gasteiger partial charge >= 0.3 is 0 Å². The number of likely N-dealkylation sites (tertiary alicyclic amines) is 1. The van der Waals surface area contributed by atoms with Crippen molar-refractivity contribution in [3.05, 3.63) is 17.6 Å². The molecule has 2 aliphatic heterocycles. The van der Waals surface area contributed by atoms with E-state index in [4.69, 9.17) is 4.74 Å². The van der Waals surface area contributed by atoms with Crippen LogP contribution in [0.15, 0.2) is 6.07 Å². The number of aryl methyl sites for hydroxylation is 1. The van der Waals surface area contributed by atoms with Crippen LogP contribution in [0.5, 0.6) is 0 Å². The highest BCUT2D eigenvalue weighted by Crippen LogP contribution is 2.28. The van der Waals surface area contributed by atoms with Crippen molar-refractivity contribution in [2.45, 2.75) is 25.7 Å². The fraction of sp³-hybridized carbons (Fsp3) is 0.706. The third kappa shape index (κ3) is 4.21. The van der Waals surface area contributed by atoms with Gasteiger partial charge < -0.3 is 15.0 Å². The predicted octanol–water partition coefficient (Wildman–Crippen LogP) is 0.547. The van der Waals surface area contributed by atoms with Crippen LogP contribution in [0.1, 0.15) is 30.3 Å². The van der Waals surface area contributed by atoms with Gasteiger partial charge in [0.15, 0.2) is 0 Å². The van der Waals surface area contributed by atoms with Crippen LogP contribution in [0.3, 0.4) is 0 Å². The SMILES string of the molecule is CNC(=O)CN1CCC(c2cc(N3CCOCC3)nc(C)n2)CC1. The third-order valence-electron chi connectivity index (χ3n) is 4.83. The number of hydrogen-bond donors (Lipinski definition) is 1. The molecule has 2 aliphatic rings. The number of amides is 1. The van der Waals surface area contributed by atoms with Crippen LogP contribution in [0.2, 0.25) is 0 Å². The van der Waals surface area contributed by atoms with Gasteiger partial charge in [-0.05, 0) is 32.9 Å². The van der Waals surface area contributed by atoms with Gasteiger partial charge in [-0.25, -0.2) is 9.97 Å². The lowest BCUT2D eigenvalue weighted by Crippen LogP contribution is -2.40. The van der Waals surface area contributed by atoms with E-state index in [-0.39, 0.29) is 5.91 Å². The number of hydrogen-bond acceptors (Lipinski definition) is 6. The summed E-state index contributed by atoms with van der Waals surface area (Å²) in [6, 6.07) is 2.15. The molecular formula is C17H27N5O2. The third-order valence-corrected chi connectivity index (χ3v) is 4.83. The van der Waals surface area contributed by atoms with E-state index in [0.29, 0.717) is 12.5 Å². The molecule has 3 rings (SSSR count). The maximum Gasteiger partial charge on any atom is 0.233 e. The highest BCUT2D eigenvalue weighted by atomic mass is 16.5. The lowest BCUT2D eigenvalue weighted by atomic mass is 9.93. The number of anilines is 1. The van der Waals surface area contributed by atoms with E-state index in [2.05, 4.69) is 31.2 Å². The highest BCUT2D eigenvalue weighted by molar-refractivity contribution is 5.77. The molecule has 0 saturated carbocycles. The maximum absolute atomic E-state index is 11.5. The molecule has 1 amide bonds. The van der Waals surface area contributed by atoms with E-state index < -0.39 is 0 Å². The molecule has 0 aromatic carbocycles. The fourth-order valence-corrected chi connectivity index (χ4v) is 3.41. The Kier molecular flexibility index (Phi) is 5.63. The number of morpholine rings is 1. The van der Waals surface area contributed by atoms with Crippen LogP contribution >= 0.6 is 0 Å². The lowest BCUT2D eigenvalue weighted by molar-refractivity contribution is -0.122. The quantitative estimate of drug-likeness (QED) is 0.868. The Morgan fingerprint density at radius 2 is 1.96 bits per heavy atom. The Balaban J connectivity index is 1.64. The van der Waals surface area contributed by atoms with Crippen molar-refractivity contribution in [3.8, 4) is 0 Å². The van der Waals surface area contributed by atoms with E-state index in [1.165, 1.54) is 0 Å². The number of aromatic nitrogens is 2. The molecule has 2 saturated heterocycles. The zero-order valence-electron chi connectivity index (χ0n) is 14.6. The van der Waals surface area contributed by atoms with Gasteiger partial charge in [0, 0.05) is 37.8 Å². The number of nitrogens with one attached hydrogen (secondary N) is 1. The van der Waals surface area contributed by atoms with Crippen LogP contribution in [-0.2, 0) is 9.53 Å². The Morgan fingerprint density at radius 1 is 1.25 bits per heavy atom. The lowest BCUT2D eigenvalue weighted by Gasteiger charge is -2.32. The molecule has 1 aromatic heterocycles.